The Balaban J connectivity index is 3.33. The van der Waals surface area contributed by atoms with E-state index in [1.807, 2.05) is 13.8 Å². The first-order valence-electron chi connectivity index (χ1n) is 6.13. The number of rotatable bonds is 4. The third-order valence-electron chi connectivity index (χ3n) is 2.52. The standard InChI is InChI=1S/C13H22N2O2/c1-9(2)6-14-8-11(5)12(16)15(13(14)17)7-10(3)4/h8-10H,6-7H2,1-5H3. The Morgan fingerprint density at radius 3 is 2.06 bits per heavy atom. The van der Waals surface area contributed by atoms with Crippen molar-refractivity contribution in [2.45, 2.75) is 47.7 Å². The minimum atomic E-state index is -0.192. The molecule has 0 aliphatic rings. The third kappa shape index (κ3) is 3.32. The van der Waals surface area contributed by atoms with E-state index in [9.17, 15) is 9.59 Å². The molecule has 0 saturated heterocycles. The van der Waals surface area contributed by atoms with Crippen molar-refractivity contribution >= 4 is 0 Å². The molecule has 96 valence electrons. The van der Waals surface area contributed by atoms with Gasteiger partial charge in [0.2, 0.25) is 0 Å². The molecule has 1 aromatic heterocycles. The highest BCUT2D eigenvalue weighted by Gasteiger charge is 2.10. The highest BCUT2D eigenvalue weighted by atomic mass is 16.2. The number of hydrogen-bond acceptors (Lipinski definition) is 2. The maximum atomic E-state index is 12.1. The zero-order valence-electron chi connectivity index (χ0n) is 11.4. The Morgan fingerprint density at radius 1 is 1.06 bits per heavy atom. The molecule has 0 N–H and O–H groups in total. The Bertz CT molecular complexity index is 495. The zero-order chi connectivity index (χ0) is 13.2. The van der Waals surface area contributed by atoms with E-state index in [0.29, 0.717) is 24.6 Å². The van der Waals surface area contributed by atoms with E-state index in [1.165, 1.54) is 4.57 Å². The van der Waals surface area contributed by atoms with E-state index in [1.54, 1.807) is 17.7 Å². The second-order valence-electron chi connectivity index (χ2n) is 5.45. The van der Waals surface area contributed by atoms with Crippen molar-refractivity contribution in [2.75, 3.05) is 0 Å². The van der Waals surface area contributed by atoms with E-state index in [4.69, 9.17) is 0 Å². The lowest BCUT2D eigenvalue weighted by atomic mass is 10.2. The van der Waals surface area contributed by atoms with Crippen LogP contribution in [0.15, 0.2) is 15.8 Å². The Labute approximate surface area is 102 Å². The number of aromatic nitrogens is 2. The molecule has 0 spiro atoms. The molecular formula is C13H22N2O2. The van der Waals surface area contributed by atoms with Crippen LogP contribution in [0.2, 0.25) is 0 Å². The van der Waals surface area contributed by atoms with E-state index in [0.717, 1.165) is 0 Å². The van der Waals surface area contributed by atoms with Crippen LogP contribution >= 0.6 is 0 Å². The lowest BCUT2D eigenvalue weighted by molar-refractivity contribution is 0.438. The molecule has 0 aliphatic carbocycles. The topological polar surface area (TPSA) is 44.0 Å². The summed E-state index contributed by atoms with van der Waals surface area (Å²) in [5.41, 5.74) is 0.276. The molecule has 1 rings (SSSR count). The summed E-state index contributed by atoms with van der Waals surface area (Å²) >= 11 is 0. The third-order valence-corrected chi connectivity index (χ3v) is 2.52. The smallest absolute Gasteiger partial charge is 0.300 e. The van der Waals surface area contributed by atoms with Gasteiger partial charge in [0, 0.05) is 24.8 Å². The van der Waals surface area contributed by atoms with E-state index >= 15 is 0 Å². The second kappa shape index (κ2) is 5.34. The fourth-order valence-corrected chi connectivity index (χ4v) is 1.85. The van der Waals surface area contributed by atoms with Gasteiger partial charge in [-0.3, -0.25) is 13.9 Å². The first-order valence-corrected chi connectivity index (χ1v) is 6.13. The Hall–Kier alpha value is -1.32. The predicted octanol–water partition coefficient (Wildman–Crippen LogP) is 1.63. The van der Waals surface area contributed by atoms with Crippen molar-refractivity contribution in [3.8, 4) is 0 Å². The molecule has 0 saturated carbocycles. The molecule has 0 aromatic carbocycles. The molecule has 0 atom stereocenters. The van der Waals surface area contributed by atoms with Crippen LogP contribution in [-0.2, 0) is 13.1 Å². The summed E-state index contributed by atoms with van der Waals surface area (Å²) in [5.74, 6) is 0.673. The van der Waals surface area contributed by atoms with Crippen molar-refractivity contribution < 1.29 is 0 Å². The Morgan fingerprint density at radius 2 is 1.59 bits per heavy atom. The highest BCUT2D eigenvalue weighted by Crippen LogP contribution is 1.98. The first kappa shape index (κ1) is 13.7. The highest BCUT2D eigenvalue weighted by molar-refractivity contribution is 5.02. The van der Waals surface area contributed by atoms with Crippen LogP contribution in [0.3, 0.4) is 0 Å². The van der Waals surface area contributed by atoms with Crippen LogP contribution in [0.5, 0.6) is 0 Å². The van der Waals surface area contributed by atoms with Crippen molar-refractivity contribution in [1.82, 2.24) is 9.13 Å². The van der Waals surface area contributed by atoms with Crippen LogP contribution in [-0.4, -0.2) is 9.13 Å². The minimum Gasteiger partial charge on any atom is -0.300 e. The lowest BCUT2D eigenvalue weighted by Crippen LogP contribution is -2.42. The summed E-state index contributed by atoms with van der Waals surface area (Å²) in [5, 5.41) is 0. The van der Waals surface area contributed by atoms with Gasteiger partial charge in [-0.15, -0.1) is 0 Å². The molecule has 0 radical (unpaired) electrons. The molecule has 4 nitrogen and oxygen atoms in total. The second-order valence-corrected chi connectivity index (χ2v) is 5.45. The molecular weight excluding hydrogens is 216 g/mol. The van der Waals surface area contributed by atoms with Gasteiger partial charge in [-0.2, -0.15) is 0 Å². The maximum Gasteiger partial charge on any atom is 0.330 e. The number of hydrogen-bond donors (Lipinski definition) is 0. The molecule has 0 fully saturated rings. The van der Waals surface area contributed by atoms with Gasteiger partial charge in [0.15, 0.2) is 0 Å². The van der Waals surface area contributed by atoms with E-state index in [2.05, 4.69) is 13.8 Å². The molecule has 0 unspecified atom stereocenters. The van der Waals surface area contributed by atoms with Crippen LogP contribution < -0.4 is 11.2 Å². The summed E-state index contributed by atoms with van der Waals surface area (Å²) in [6.45, 7) is 11.0. The van der Waals surface area contributed by atoms with Gasteiger partial charge in [0.1, 0.15) is 0 Å². The molecule has 1 aromatic rings. The summed E-state index contributed by atoms with van der Waals surface area (Å²) in [6.07, 6.45) is 1.67. The molecule has 4 heteroatoms. The largest absolute Gasteiger partial charge is 0.330 e. The average Bonchev–Trinajstić information content (AvgIpc) is 2.20. The van der Waals surface area contributed by atoms with Crippen LogP contribution in [0.1, 0.15) is 33.3 Å². The number of aryl methyl sites for hydroxylation is 1. The summed E-state index contributed by atoms with van der Waals surface area (Å²) in [6, 6.07) is 0. The van der Waals surface area contributed by atoms with Gasteiger partial charge in [0.05, 0.1) is 0 Å². The summed E-state index contributed by atoms with van der Waals surface area (Å²) in [4.78, 5) is 24.1. The predicted molar refractivity (Wildman–Crippen MR) is 69.4 cm³/mol. The molecule has 0 aliphatic heterocycles. The van der Waals surface area contributed by atoms with Gasteiger partial charge < -0.3 is 0 Å². The summed E-state index contributed by atoms with van der Waals surface area (Å²) < 4.78 is 2.99. The molecule has 17 heavy (non-hydrogen) atoms. The van der Waals surface area contributed by atoms with Gasteiger partial charge in [-0.25, -0.2) is 4.79 Å². The maximum absolute atomic E-state index is 12.1. The van der Waals surface area contributed by atoms with Gasteiger partial charge in [-0.1, -0.05) is 27.7 Å². The molecule has 0 amide bonds. The van der Waals surface area contributed by atoms with Crippen molar-refractivity contribution in [3.05, 3.63) is 32.6 Å². The van der Waals surface area contributed by atoms with Crippen molar-refractivity contribution in [1.29, 1.82) is 0 Å². The first-order chi connectivity index (χ1) is 7.82. The van der Waals surface area contributed by atoms with E-state index in [-0.39, 0.29) is 17.2 Å². The Kier molecular flexibility index (Phi) is 4.32. The van der Waals surface area contributed by atoms with Crippen molar-refractivity contribution in [2.24, 2.45) is 11.8 Å². The normalized spacial score (nSPS) is 11.5. The molecule has 1 heterocycles. The van der Waals surface area contributed by atoms with Crippen LogP contribution in [0, 0.1) is 18.8 Å². The average molecular weight is 238 g/mol. The molecule has 0 bridgehead atoms. The minimum absolute atomic E-state index is 0.163. The zero-order valence-corrected chi connectivity index (χ0v) is 11.4. The van der Waals surface area contributed by atoms with Gasteiger partial charge >= 0.3 is 5.69 Å². The SMILES string of the molecule is Cc1cn(CC(C)C)c(=O)n(CC(C)C)c1=O. The monoisotopic (exact) mass is 238 g/mol. The quantitative estimate of drug-likeness (QED) is 0.800. The lowest BCUT2D eigenvalue weighted by Gasteiger charge is -2.14. The fourth-order valence-electron chi connectivity index (χ4n) is 1.85. The van der Waals surface area contributed by atoms with Gasteiger partial charge in [-0.05, 0) is 18.8 Å². The number of nitrogens with zero attached hydrogens (tertiary/aromatic N) is 2. The van der Waals surface area contributed by atoms with Crippen LogP contribution in [0.25, 0.3) is 0 Å². The van der Waals surface area contributed by atoms with Crippen LogP contribution in [0.4, 0.5) is 0 Å². The fraction of sp³-hybridized carbons (Fsp3) is 0.692. The van der Waals surface area contributed by atoms with Gasteiger partial charge in [0.25, 0.3) is 5.56 Å². The van der Waals surface area contributed by atoms with Crippen molar-refractivity contribution in [3.63, 3.8) is 0 Å². The summed E-state index contributed by atoms with van der Waals surface area (Å²) in [7, 11) is 0. The van der Waals surface area contributed by atoms with E-state index < -0.39 is 0 Å².